The first kappa shape index (κ1) is 17.3. The SMILES string of the molecule is COc1ccc2c(c1)C[C@@H](CNC(=O)c1ccc(C(C)(C)C)cc1)O2. The maximum absolute atomic E-state index is 12.3. The Labute approximate surface area is 149 Å². The van der Waals surface area contributed by atoms with Gasteiger partial charge in [0.25, 0.3) is 5.91 Å². The molecule has 1 aliphatic heterocycles. The van der Waals surface area contributed by atoms with Crippen molar-refractivity contribution in [1.82, 2.24) is 5.32 Å². The van der Waals surface area contributed by atoms with Gasteiger partial charge < -0.3 is 14.8 Å². The zero-order valence-electron chi connectivity index (χ0n) is 15.3. The fourth-order valence-electron chi connectivity index (χ4n) is 2.97. The minimum absolute atomic E-state index is 0.0418. The minimum Gasteiger partial charge on any atom is -0.497 e. The van der Waals surface area contributed by atoms with Crippen LogP contribution in [0.15, 0.2) is 42.5 Å². The lowest BCUT2D eigenvalue weighted by Crippen LogP contribution is -2.34. The molecule has 1 aliphatic rings. The van der Waals surface area contributed by atoms with Crippen LogP contribution in [0.2, 0.25) is 0 Å². The monoisotopic (exact) mass is 339 g/mol. The molecule has 1 N–H and O–H groups in total. The molecule has 0 radical (unpaired) electrons. The van der Waals surface area contributed by atoms with Gasteiger partial charge in [0, 0.05) is 17.5 Å². The number of carbonyl (C=O) groups is 1. The summed E-state index contributed by atoms with van der Waals surface area (Å²) in [5.41, 5.74) is 3.09. The van der Waals surface area contributed by atoms with Crippen LogP contribution in [0.3, 0.4) is 0 Å². The van der Waals surface area contributed by atoms with Gasteiger partial charge in [-0.3, -0.25) is 4.79 Å². The molecule has 2 aromatic rings. The van der Waals surface area contributed by atoms with E-state index < -0.39 is 0 Å². The van der Waals surface area contributed by atoms with Crippen molar-refractivity contribution in [3.63, 3.8) is 0 Å². The summed E-state index contributed by atoms with van der Waals surface area (Å²) in [7, 11) is 1.65. The lowest BCUT2D eigenvalue weighted by atomic mass is 9.87. The summed E-state index contributed by atoms with van der Waals surface area (Å²) >= 11 is 0. The highest BCUT2D eigenvalue weighted by Crippen LogP contribution is 2.31. The average Bonchev–Trinajstić information content (AvgIpc) is 3.00. The fourth-order valence-corrected chi connectivity index (χ4v) is 2.97. The number of methoxy groups -OCH3 is 1. The molecular formula is C21H25NO3. The topological polar surface area (TPSA) is 47.6 Å². The normalized spacial score (nSPS) is 16.1. The highest BCUT2D eigenvalue weighted by Gasteiger charge is 2.24. The Hall–Kier alpha value is -2.49. The second-order valence-electron chi connectivity index (χ2n) is 7.46. The van der Waals surface area contributed by atoms with Crippen LogP contribution in [0.1, 0.15) is 42.3 Å². The molecule has 0 aromatic heterocycles. The lowest BCUT2D eigenvalue weighted by molar-refractivity contribution is 0.0933. The number of rotatable bonds is 4. The summed E-state index contributed by atoms with van der Waals surface area (Å²) < 4.78 is 11.1. The van der Waals surface area contributed by atoms with E-state index in [1.165, 1.54) is 5.56 Å². The Bertz CT molecular complexity index is 760. The van der Waals surface area contributed by atoms with E-state index >= 15 is 0 Å². The van der Waals surface area contributed by atoms with Gasteiger partial charge in [-0.15, -0.1) is 0 Å². The van der Waals surface area contributed by atoms with Crippen LogP contribution < -0.4 is 14.8 Å². The Morgan fingerprint density at radius 2 is 1.92 bits per heavy atom. The summed E-state index contributed by atoms with van der Waals surface area (Å²) in [6, 6.07) is 13.6. The first-order valence-corrected chi connectivity index (χ1v) is 8.59. The Balaban J connectivity index is 1.56. The van der Waals surface area contributed by atoms with Gasteiger partial charge in [-0.1, -0.05) is 32.9 Å². The maximum Gasteiger partial charge on any atom is 0.251 e. The number of hydrogen-bond acceptors (Lipinski definition) is 3. The van der Waals surface area contributed by atoms with E-state index in [0.29, 0.717) is 12.1 Å². The van der Waals surface area contributed by atoms with E-state index in [1.807, 2.05) is 42.5 Å². The molecule has 1 atom stereocenters. The van der Waals surface area contributed by atoms with E-state index in [1.54, 1.807) is 7.11 Å². The summed E-state index contributed by atoms with van der Waals surface area (Å²) in [6.45, 7) is 6.96. The molecule has 4 nitrogen and oxygen atoms in total. The molecule has 2 aromatic carbocycles. The van der Waals surface area contributed by atoms with Gasteiger partial charge in [0.1, 0.15) is 17.6 Å². The Morgan fingerprint density at radius 1 is 1.20 bits per heavy atom. The van der Waals surface area contributed by atoms with Gasteiger partial charge in [-0.25, -0.2) is 0 Å². The van der Waals surface area contributed by atoms with Gasteiger partial charge in [0.2, 0.25) is 0 Å². The second kappa shape index (κ2) is 6.79. The van der Waals surface area contributed by atoms with E-state index in [2.05, 4.69) is 26.1 Å². The van der Waals surface area contributed by atoms with Crippen molar-refractivity contribution >= 4 is 5.91 Å². The molecular weight excluding hydrogens is 314 g/mol. The number of fused-ring (bicyclic) bond motifs is 1. The highest BCUT2D eigenvalue weighted by molar-refractivity contribution is 5.94. The summed E-state index contributed by atoms with van der Waals surface area (Å²) in [4.78, 5) is 12.3. The Kier molecular flexibility index (Phi) is 4.71. The van der Waals surface area contributed by atoms with Gasteiger partial charge >= 0.3 is 0 Å². The molecule has 1 amide bonds. The zero-order valence-corrected chi connectivity index (χ0v) is 15.3. The van der Waals surface area contributed by atoms with Crippen molar-refractivity contribution in [2.45, 2.75) is 38.7 Å². The zero-order chi connectivity index (χ0) is 18.0. The number of hydrogen-bond donors (Lipinski definition) is 1. The van der Waals surface area contributed by atoms with Gasteiger partial charge in [-0.05, 0) is 41.3 Å². The third-order valence-corrected chi connectivity index (χ3v) is 4.51. The largest absolute Gasteiger partial charge is 0.497 e. The quantitative estimate of drug-likeness (QED) is 0.923. The van der Waals surface area contributed by atoms with E-state index in [4.69, 9.17) is 9.47 Å². The van der Waals surface area contributed by atoms with Crippen molar-refractivity contribution < 1.29 is 14.3 Å². The van der Waals surface area contributed by atoms with E-state index in [-0.39, 0.29) is 17.4 Å². The summed E-state index contributed by atoms with van der Waals surface area (Å²) in [5.74, 6) is 1.62. The van der Waals surface area contributed by atoms with Crippen molar-refractivity contribution in [3.05, 3.63) is 59.2 Å². The second-order valence-corrected chi connectivity index (χ2v) is 7.46. The molecule has 132 valence electrons. The highest BCUT2D eigenvalue weighted by atomic mass is 16.5. The molecule has 0 bridgehead atoms. The standard InChI is InChI=1S/C21H25NO3/c1-21(2,3)16-7-5-14(6-8-16)20(23)22-13-18-12-15-11-17(24-4)9-10-19(15)25-18/h5-11,18H,12-13H2,1-4H3,(H,22,23)/t18-/m0/s1. The predicted molar refractivity (Wildman–Crippen MR) is 98.6 cm³/mol. The minimum atomic E-state index is -0.0717. The van der Waals surface area contributed by atoms with Crippen molar-refractivity contribution in [2.75, 3.05) is 13.7 Å². The molecule has 0 saturated carbocycles. The molecule has 0 spiro atoms. The molecule has 0 aliphatic carbocycles. The molecule has 0 unspecified atom stereocenters. The van der Waals surface area contributed by atoms with Crippen molar-refractivity contribution in [2.24, 2.45) is 0 Å². The van der Waals surface area contributed by atoms with Crippen LogP contribution in [-0.2, 0) is 11.8 Å². The number of carbonyl (C=O) groups excluding carboxylic acids is 1. The molecule has 25 heavy (non-hydrogen) atoms. The van der Waals surface area contributed by atoms with Gasteiger partial charge in [0.05, 0.1) is 13.7 Å². The smallest absolute Gasteiger partial charge is 0.251 e. The molecule has 0 fully saturated rings. The molecule has 1 heterocycles. The number of benzene rings is 2. The van der Waals surface area contributed by atoms with Gasteiger partial charge in [-0.2, -0.15) is 0 Å². The van der Waals surface area contributed by atoms with Gasteiger partial charge in [0.15, 0.2) is 0 Å². The fraction of sp³-hybridized carbons (Fsp3) is 0.381. The van der Waals surface area contributed by atoms with Crippen LogP contribution in [0.5, 0.6) is 11.5 Å². The number of ether oxygens (including phenoxy) is 2. The first-order chi connectivity index (χ1) is 11.9. The molecule has 3 rings (SSSR count). The predicted octanol–water partition coefficient (Wildman–Crippen LogP) is 3.73. The lowest BCUT2D eigenvalue weighted by Gasteiger charge is -2.19. The number of nitrogens with one attached hydrogen (secondary N) is 1. The summed E-state index contributed by atoms with van der Waals surface area (Å²) in [6.07, 6.45) is 0.732. The van der Waals surface area contributed by atoms with Crippen molar-refractivity contribution in [1.29, 1.82) is 0 Å². The van der Waals surface area contributed by atoms with Crippen LogP contribution in [0.4, 0.5) is 0 Å². The van der Waals surface area contributed by atoms with Crippen LogP contribution >= 0.6 is 0 Å². The van der Waals surface area contributed by atoms with Crippen molar-refractivity contribution in [3.8, 4) is 11.5 Å². The van der Waals surface area contributed by atoms with E-state index in [0.717, 1.165) is 23.5 Å². The van der Waals surface area contributed by atoms with Crippen LogP contribution in [0.25, 0.3) is 0 Å². The third-order valence-electron chi connectivity index (χ3n) is 4.51. The first-order valence-electron chi connectivity index (χ1n) is 8.59. The van der Waals surface area contributed by atoms with Crippen LogP contribution in [0, 0.1) is 0 Å². The molecule has 4 heteroatoms. The number of amides is 1. The van der Waals surface area contributed by atoms with Crippen LogP contribution in [-0.4, -0.2) is 25.7 Å². The Morgan fingerprint density at radius 3 is 2.56 bits per heavy atom. The maximum atomic E-state index is 12.3. The third kappa shape index (κ3) is 3.95. The van der Waals surface area contributed by atoms with E-state index in [9.17, 15) is 4.79 Å². The average molecular weight is 339 g/mol. The summed E-state index contributed by atoms with van der Waals surface area (Å²) in [5, 5.41) is 2.97. The molecule has 0 saturated heterocycles.